The summed E-state index contributed by atoms with van der Waals surface area (Å²) in [5.74, 6) is 0.219. The minimum Gasteiger partial charge on any atom is -0.475 e. The van der Waals surface area contributed by atoms with Crippen LogP contribution < -0.4 is 5.32 Å². The molecule has 0 radical (unpaired) electrons. The molecule has 1 aliphatic rings. The fourth-order valence-corrected chi connectivity index (χ4v) is 2.47. The molecule has 0 saturated heterocycles. The lowest BCUT2D eigenvalue weighted by Gasteiger charge is -2.07. The number of nitrogens with zero attached hydrogens (tertiary/aromatic N) is 5. The van der Waals surface area contributed by atoms with Gasteiger partial charge in [0, 0.05) is 7.05 Å². The third kappa shape index (κ3) is 4.13. The number of aryl methyl sites for hydroxylation is 1. The lowest BCUT2D eigenvalue weighted by Crippen LogP contribution is -2.31. The molecular formula is C18H18N6O2. The second-order valence-electron chi connectivity index (χ2n) is 5.67. The average molecular weight is 350 g/mol. The first-order valence-electron chi connectivity index (χ1n) is 8.14. The van der Waals surface area contributed by atoms with Crippen molar-refractivity contribution in [3.05, 3.63) is 53.6 Å². The summed E-state index contributed by atoms with van der Waals surface area (Å²) >= 11 is 0. The molecule has 0 bridgehead atoms. The van der Waals surface area contributed by atoms with Gasteiger partial charge in [-0.2, -0.15) is 10.3 Å². The molecule has 8 nitrogen and oxygen atoms in total. The highest BCUT2D eigenvalue weighted by molar-refractivity contribution is 6.07. The molecule has 3 rings (SSSR count). The predicted octanol–water partition coefficient (Wildman–Crippen LogP) is 1.33. The SMILES string of the molecule is Cn1cnc2c1CN=C(NC(=O)Cc1ccccc1)N=C2OCCC#N. The summed E-state index contributed by atoms with van der Waals surface area (Å²) < 4.78 is 7.42. The molecule has 1 aromatic carbocycles. The molecule has 0 fully saturated rings. The molecule has 2 heterocycles. The largest absolute Gasteiger partial charge is 0.475 e. The highest BCUT2D eigenvalue weighted by atomic mass is 16.5. The Morgan fingerprint density at radius 3 is 2.96 bits per heavy atom. The molecule has 8 heteroatoms. The van der Waals surface area contributed by atoms with Gasteiger partial charge in [0.2, 0.25) is 17.8 Å². The highest BCUT2D eigenvalue weighted by Gasteiger charge is 2.21. The van der Waals surface area contributed by atoms with Crippen LogP contribution in [0.25, 0.3) is 0 Å². The van der Waals surface area contributed by atoms with E-state index in [0.717, 1.165) is 11.3 Å². The van der Waals surface area contributed by atoms with Gasteiger partial charge in [-0.15, -0.1) is 0 Å². The molecule has 132 valence electrons. The molecule has 1 aliphatic heterocycles. The fourth-order valence-electron chi connectivity index (χ4n) is 2.47. The summed E-state index contributed by atoms with van der Waals surface area (Å²) in [5.41, 5.74) is 2.30. The molecule has 0 spiro atoms. The van der Waals surface area contributed by atoms with E-state index >= 15 is 0 Å². The van der Waals surface area contributed by atoms with Crippen LogP contribution in [0.3, 0.4) is 0 Å². The third-order valence-electron chi connectivity index (χ3n) is 3.76. The minimum absolute atomic E-state index is 0.177. The van der Waals surface area contributed by atoms with E-state index in [9.17, 15) is 4.79 Å². The van der Waals surface area contributed by atoms with Gasteiger partial charge in [-0.3, -0.25) is 10.1 Å². The van der Waals surface area contributed by atoms with Crippen molar-refractivity contribution in [2.75, 3.05) is 6.61 Å². The van der Waals surface area contributed by atoms with Crippen molar-refractivity contribution in [2.45, 2.75) is 19.4 Å². The van der Waals surface area contributed by atoms with Gasteiger partial charge in [0.1, 0.15) is 12.3 Å². The summed E-state index contributed by atoms with van der Waals surface area (Å²) in [7, 11) is 1.85. The molecule has 1 N–H and O–H groups in total. The Morgan fingerprint density at radius 2 is 2.19 bits per heavy atom. The zero-order chi connectivity index (χ0) is 18.4. The Balaban J connectivity index is 1.76. The summed E-state index contributed by atoms with van der Waals surface area (Å²) in [6.45, 7) is 0.512. The number of hydrogen-bond acceptors (Lipinski definition) is 6. The number of aromatic nitrogens is 2. The maximum Gasteiger partial charge on any atom is 0.245 e. The van der Waals surface area contributed by atoms with Crippen molar-refractivity contribution < 1.29 is 9.53 Å². The first-order valence-corrected chi connectivity index (χ1v) is 8.14. The molecule has 26 heavy (non-hydrogen) atoms. The monoisotopic (exact) mass is 350 g/mol. The van der Waals surface area contributed by atoms with Crippen LogP contribution in [0.4, 0.5) is 0 Å². The van der Waals surface area contributed by atoms with Gasteiger partial charge >= 0.3 is 0 Å². The maximum absolute atomic E-state index is 12.3. The smallest absolute Gasteiger partial charge is 0.245 e. The number of ether oxygens (including phenoxy) is 1. The number of nitriles is 1. The van der Waals surface area contributed by atoms with Gasteiger partial charge < -0.3 is 9.30 Å². The Hall–Kier alpha value is -3.47. The number of imidazole rings is 1. The van der Waals surface area contributed by atoms with E-state index in [0.29, 0.717) is 12.2 Å². The van der Waals surface area contributed by atoms with Gasteiger partial charge in [-0.1, -0.05) is 30.3 Å². The Morgan fingerprint density at radius 1 is 1.38 bits per heavy atom. The first-order chi connectivity index (χ1) is 12.7. The quantitative estimate of drug-likeness (QED) is 0.840. The Kier molecular flexibility index (Phi) is 5.39. The first kappa shape index (κ1) is 17.4. The fraction of sp³-hybridized carbons (Fsp3) is 0.278. The topological polar surface area (TPSA) is 105 Å². The highest BCUT2D eigenvalue weighted by Crippen LogP contribution is 2.14. The maximum atomic E-state index is 12.3. The van der Waals surface area contributed by atoms with Crippen LogP contribution in [-0.4, -0.2) is 33.9 Å². The third-order valence-corrected chi connectivity index (χ3v) is 3.76. The van der Waals surface area contributed by atoms with Crippen LogP contribution in [0.2, 0.25) is 0 Å². The molecule has 0 aliphatic carbocycles. The van der Waals surface area contributed by atoms with Crippen molar-refractivity contribution in [3.8, 4) is 6.07 Å². The molecule has 0 unspecified atom stereocenters. The predicted molar refractivity (Wildman–Crippen MR) is 95.4 cm³/mol. The van der Waals surface area contributed by atoms with E-state index in [-0.39, 0.29) is 37.2 Å². The van der Waals surface area contributed by atoms with Crippen LogP contribution in [0.15, 0.2) is 46.6 Å². The second kappa shape index (κ2) is 8.07. The Labute approximate surface area is 150 Å². The standard InChI is InChI=1S/C18H18N6O2/c1-24-12-21-16-14(24)11-20-18(23-17(16)26-9-5-8-19)22-15(25)10-13-6-3-2-4-7-13/h2-4,6-7,12H,5,9-11H2,1H3,(H,20,22,25). The number of rotatable bonds is 4. The average Bonchev–Trinajstić information content (AvgIpc) is 2.90. The molecule has 0 saturated carbocycles. The zero-order valence-corrected chi connectivity index (χ0v) is 14.3. The van der Waals surface area contributed by atoms with Crippen molar-refractivity contribution in [1.29, 1.82) is 5.26 Å². The van der Waals surface area contributed by atoms with E-state index in [1.165, 1.54) is 0 Å². The zero-order valence-electron chi connectivity index (χ0n) is 14.3. The van der Waals surface area contributed by atoms with Crippen LogP contribution in [0.1, 0.15) is 23.4 Å². The second-order valence-corrected chi connectivity index (χ2v) is 5.67. The summed E-state index contributed by atoms with van der Waals surface area (Å²) in [5, 5.41) is 11.4. The summed E-state index contributed by atoms with van der Waals surface area (Å²) in [4.78, 5) is 25.2. The van der Waals surface area contributed by atoms with Gasteiger partial charge in [0.15, 0.2) is 0 Å². The van der Waals surface area contributed by atoms with Crippen LogP contribution in [-0.2, 0) is 29.5 Å². The van der Waals surface area contributed by atoms with Crippen molar-refractivity contribution in [3.63, 3.8) is 0 Å². The van der Waals surface area contributed by atoms with Crippen molar-refractivity contribution in [1.82, 2.24) is 14.9 Å². The number of hydrogen-bond donors (Lipinski definition) is 1. The molecule has 0 atom stereocenters. The van der Waals surface area contributed by atoms with E-state index in [4.69, 9.17) is 10.00 Å². The lowest BCUT2D eigenvalue weighted by molar-refractivity contribution is -0.119. The van der Waals surface area contributed by atoms with E-state index in [1.807, 2.05) is 48.0 Å². The number of guanidine groups is 1. The summed E-state index contributed by atoms with van der Waals surface area (Å²) in [6, 6.07) is 11.4. The van der Waals surface area contributed by atoms with Gasteiger partial charge in [-0.05, 0) is 5.56 Å². The minimum atomic E-state index is -0.214. The number of fused-ring (bicyclic) bond motifs is 1. The van der Waals surface area contributed by atoms with Crippen molar-refractivity contribution >= 4 is 17.8 Å². The Bertz CT molecular complexity index is 892. The van der Waals surface area contributed by atoms with Gasteiger partial charge in [-0.25, -0.2) is 9.98 Å². The van der Waals surface area contributed by atoms with Gasteiger partial charge in [0.25, 0.3) is 0 Å². The molecule has 1 aromatic heterocycles. The molecule has 1 amide bonds. The van der Waals surface area contributed by atoms with E-state index < -0.39 is 0 Å². The number of carbonyl (C=O) groups excluding carboxylic acids is 1. The number of nitrogens with one attached hydrogen (secondary N) is 1. The van der Waals surface area contributed by atoms with Crippen LogP contribution >= 0.6 is 0 Å². The van der Waals surface area contributed by atoms with Crippen molar-refractivity contribution in [2.24, 2.45) is 17.0 Å². The number of aliphatic imine (C=N–C) groups is 2. The van der Waals surface area contributed by atoms with Gasteiger partial charge in [0.05, 0.1) is 37.5 Å². The normalized spacial score (nSPS) is 12.9. The molecule has 2 aromatic rings. The number of carbonyl (C=O) groups is 1. The summed E-state index contributed by atoms with van der Waals surface area (Å²) in [6.07, 6.45) is 2.11. The van der Waals surface area contributed by atoms with Crippen LogP contribution in [0.5, 0.6) is 0 Å². The van der Waals surface area contributed by atoms with E-state index in [2.05, 4.69) is 20.3 Å². The molecular weight excluding hydrogens is 332 g/mol. The van der Waals surface area contributed by atoms with Crippen LogP contribution in [0, 0.1) is 11.3 Å². The number of benzene rings is 1. The lowest BCUT2D eigenvalue weighted by atomic mass is 10.1. The van der Waals surface area contributed by atoms with E-state index in [1.54, 1.807) is 6.33 Å². The number of amides is 1.